The van der Waals surface area contributed by atoms with Crippen molar-refractivity contribution in [2.24, 2.45) is 0 Å². The van der Waals surface area contributed by atoms with Gasteiger partial charge in [0.2, 0.25) is 5.91 Å². The normalized spacial score (nSPS) is 15.1. The Balaban J connectivity index is 2.08. The van der Waals surface area contributed by atoms with E-state index in [1.165, 1.54) is 10.7 Å². The molecule has 2 rings (SSSR count). The molecule has 1 aromatic rings. The Labute approximate surface area is 104 Å². The number of alkyl halides is 2. The van der Waals surface area contributed by atoms with Crippen molar-refractivity contribution in [3.05, 3.63) is 17.5 Å². The number of hydrogen-bond donors (Lipinski definition) is 1. The summed E-state index contributed by atoms with van der Waals surface area (Å²) in [5.41, 5.74) is 0.525. The van der Waals surface area contributed by atoms with Gasteiger partial charge >= 0.3 is 0 Å². The van der Waals surface area contributed by atoms with E-state index >= 15 is 0 Å². The fourth-order valence-corrected chi connectivity index (χ4v) is 1.85. The molecule has 1 fully saturated rings. The number of amides is 1. The topological polar surface area (TPSA) is 46.9 Å². The van der Waals surface area contributed by atoms with Gasteiger partial charge in [0.1, 0.15) is 12.2 Å². The quantitative estimate of drug-likeness (QED) is 0.849. The molecule has 0 atom stereocenters. The highest BCUT2D eigenvalue weighted by Gasteiger charge is 2.30. The van der Waals surface area contributed by atoms with Crippen LogP contribution in [-0.2, 0) is 11.3 Å². The second kappa shape index (κ2) is 5.46. The summed E-state index contributed by atoms with van der Waals surface area (Å²) in [6, 6.07) is 1.43. The average Bonchev–Trinajstić information content (AvgIpc) is 3.08. The van der Waals surface area contributed by atoms with E-state index in [2.05, 4.69) is 10.4 Å². The third-order valence-corrected chi connectivity index (χ3v) is 2.91. The molecule has 0 aliphatic heterocycles. The second-order valence-corrected chi connectivity index (χ2v) is 4.58. The number of hydrogen-bond acceptors (Lipinski definition) is 2. The molecular formula is C12H17F2N3O. The van der Waals surface area contributed by atoms with Crippen LogP contribution < -0.4 is 5.32 Å². The van der Waals surface area contributed by atoms with Gasteiger partial charge in [0, 0.05) is 18.2 Å². The van der Waals surface area contributed by atoms with Gasteiger partial charge in [-0.3, -0.25) is 9.48 Å². The first-order valence-electron chi connectivity index (χ1n) is 6.24. The Bertz CT molecular complexity index is 427. The van der Waals surface area contributed by atoms with Gasteiger partial charge < -0.3 is 5.32 Å². The van der Waals surface area contributed by atoms with Crippen molar-refractivity contribution in [1.82, 2.24) is 15.1 Å². The molecule has 4 nitrogen and oxygen atoms in total. The van der Waals surface area contributed by atoms with Gasteiger partial charge in [-0.2, -0.15) is 5.10 Å². The molecule has 1 amide bonds. The van der Waals surface area contributed by atoms with Gasteiger partial charge in [-0.15, -0.1) is 0 Å². The molecule has 18 heavy (non-hydrogen) atoms. The van der Waals surface area contributed by atoms with E-state index in [0.717, 1.165) is 25.0 Å². The highest BCUT2D eigenvalue weighted by Crippen LogP contribution is 2.41. The van der Waals surface area contributed by atoms with Gasteiger partial charge in [-0.1, -0.05) is 6.92 Å². The van der Waals surface area contributed by atoms with Gasteiger partial charge in [-0.25, -0.2) is 8.78 Å². The number of rotatable bonds is 6. The van der Waals surface area contributed by atoms with E-state index < -0.39 is 6.43 Å². The molecule has 100 valence electrons. The van der Waals surface area contributed by atoms with Crippen LogP contribution >= 0.6 is 0 Å². The molecule has 0 bridgehead atoms. The molecule has 0 saturated heterocycles. The molecule has 1 aliphatic carbocycles. The van der Waals surface area contributed by atoms with E-state index in [-0.39, 0.29) is 18.1 Å². The van der Waals surface area contributed by atoms with Crippen molar-refractivity contribution in [2.45, 2.75) is 45.1 Å². The molecule has 0 spiro atoms. The van der Waals surface area contributed by atoms with Crippen LogP contribution in [0.25, 0.3) is 0 Å². The van der Waals surface area contributed by atoms with Crippen molar-refractivity contribution in [3.63, 3.8) is 0 Å². The number of carbonyl (C=O) groups excluding carboxylic acids is 1. The Hall–Kier alpha value is -1.46. The fourth-order valence-electron chi connectivity index (χ4n) is 1.85. The maximum atomic E-state index is 12.6. The molecule has 0 unspecified atom stereocenters. The Kier molecular flexibility index (Phi) is 3.93. The summed E-state index contributed by atoms with van der Waals surface area (Å²) in [5.74, 6) is 0.117. The van der Waals surface area contributed by atoms with Crippen LogP contribution in [0.5, 0.6) is 0 Å². The van der Waals surface area contributed by atoms with Crippen LogP contribution in [0.4, 0.5) is 8.78 Å². The fraction of sp³-hybridized carbons (Fsp3) is 0.667. The predicted octanol–water partition coefficient (Wildman–Crippen LogP) is 2.22. The summed E-state index contributed by atoms with van der Waals surface area (Å²) in [6.07, 6.45) is 0.251. The van der Waals surface area contributed by atoms with E-state index in [4.69, 9.17) is 0 Å². The zero-order chi connectivity index (χ0) is 13.1. The lowest BCUT2D eigenvalue weighted by Crippen LogP contribution is -2.29. The number of aromatic nitrogens is 2. The van der Waals surface area contributed by atoms with Gasteiger partial charge in [0.25, 0.3) is 6.43 Å². The minimum atomic E-state index is -2.58. The maximum Gasteiger partial charge on any atom is 0.282 e. The van der Waals surface area contributed by atoms with Gasteiger partial charge in [0.05, 0.1) is 0 Å². The molecule has 0 radical (unpaired) electrons. The molecule has 1 saturated carbocycles. The zero-order valence-corrected chi connectivity index (χ0v) is 10.3. The third-order valence-electron chi connectivity index (χ3n) is 2.91. The van der Waals surface area contributed by atoms with Crippen molar-refractivity contribution in [2.75, 3.05) is 6.54 Å². The summed E-state index contributed by atoms with van der Waals surface area (Å²) >= 11 is 0. The van der Waals surface area contributed by atoms with Crippen LogP contribution in [0.15, 0.2) is 6.07 Å². The Morgan fingerprint density at radius 2 is 2.33 bits per heavy atom. The van der Waals surface area contributed by atoms with Crippen molar-refractivity contribution < 1.29 is 13.6 Å². The first kappa shape index (κ1) is 13.0. The molecular weight excluding hydrogens is 240 g/mol. The minimum absolute atomic E-state index is 0.0263. The van der Waals surface area contributed by atoms with Gasteiger partial charge in [0.15, 0.2) is 0 Å². The Morgan fingerprint density at radius 1 is 1.61 bits per heavy atom. The molecule has 1 aliphatic rings. The summed E-state index contributed by atoms with van der Waals surface area (Å²) < 4.78 is 26.6. The minimum Gasteiger partial charge on any atom is -0.355 e. The highest BCUT2D eigenvalue weighted by molar-refractivity contribution is 5.75. The van der Waals surface area contributed by atoms with Crippen LogP contribution in [0, 0.1) is 0 Å². The lowest BCUT2D eigenvalue weighted by atomic mass is 10.2. The van der Waals surface area contributed by atoms with E-state index in [9.17, 15) is 13.6 Å². The zero-order valence-electron chi connectivity index (χ0n) is 10.3. The summed E-state index contributed by atoms with van der Waals surface area (Å²) in [5, 5.41) is 6.54. The van der Waals surface area contributed by atoms with Crippen LogP contribution in [-0.4, -0.2) is 22.2 Å². The monoisotopic (exact) mass is 257 g/mol. The smallest absolute Gasteiger partial charge is 0.282 e. The number of carbonyl (C=O) groups is 1. The SMILES string of the molecule is CCCNC(=O)Cn1nc(C(F)F)cc1C1CC1. The second-order valence-electron chi connectivity index (χ2n) is 4.58. The van der Waals surface area contributed by atoms with Crippen molar-refractivity contribution in [1.29, 1.82) is 0 Å². The molecule has 1 N–H and O–H groups in total. The lowest BCUT2D eigenvalue weighted by Gasteiger charge is -2.07. The standard InChI is InChI=1S/C12H17F2N3O/c1-2-5-15-11(18)7-17-10(8-3-4-8)6-9(16-17)12(13)14/h6,8,12H,2-5,7H2,1H3,(H,15,18). The summed E-state index contributed by atoms with van der Waals surface area (Å²) in [6.45, 7) is 2.58. The summed E-state index contributed by atoms with van der Waals surface area (Å²) in [7, 11) is 0. The lowest BCUT2D eigenvalue weighted by molar-refractivity contribution is -0.121. The number of halogens is 2. The molecule has 1 aromatic heterocycles. The first-order valence-corrected chi connectivity index (χ1v) is 6.24. The molecule has 6 heteroatoms. The molecule has 1 heterocycles. The van der Waals surface area contributed by atoms with Crippen LogP contribution in [0.3, 0.4) is 0 Å². The average molecular weight is 257 g/mol. The maximum absolute atomic E-state index is 12.6. The predicted molar refractivity (Wildman–Crippen MR) is 62.5 cm³/mol. The third kappa shape index (κ3) is 3.05. The van der Waals surface area contributed by atoms with Crippen molar-refractivity contribution in [3.8, 4) is 0 Å². The highest BCUT2D eigenvalue weighted by atomic mass is 19.3. The van der Waals surface area contributed by atoms with E-state index in [1.54, 1.807) is 0 Å². The first-order chi connectivity index (χ1) is 8.61. The van der Waals surface area contributed by atoms with Crippen LogP contribution in [0.1, 0.15) is 49.9 Å². The number of nitrogens with one attached hydrogen (secondary N) is 1. The van der Waals surface area contributed by atoms with E-state index in [1.807, 2.05) is 6.92 Å². The largest absolute Gasteiger partial charge is 0.355 e. The van der Waals surface area contributed by atoms with Gasteiger partial charge in [-0.05, 0) is 25.3 Å². The van der Waals surface area contributed by atoms with Crippen molar-refractivity contribution >= 4 is 5.91 Å². The van der Waals surface area contributed by atoms with E-state index in [0.29, 0.717) is 12.5 Å². The Morgan fingerprint density at radius 3 is 2.89 bits per heavy atom. The van der Waals surface area contributed by atoms with Crippen LogP contribution in [0.2, 0.25) is 0 Å². The molecule has 0 aromatic carbocycles. The number of nitrogens with zero attached hydrogens (tertiary/aromatic N) is 2. The summed E-state index contributed by atoms with van der Waals surface area (Å²) in [4.78, 5) is 11.6.